The third kappa shape index (κ3) is 5.46. The van der Waals surface area contributed by atoms with Crippen molar-refractivity contribution in [3.8, 4) is 5.75 Å². The molecule has 8 heteroatoms. The van der Waals surface area contributed by atoms with Gasteiger partial charge in [0.05, 0.1) is 29.8 Å². The van der Waals surface area contributed by atoms with Gasteiger partial charge in [-0.2, -0.15) is 4.31 Å². The van der Waals surface area contributed by atoms with Crippen LogP contribution in [0.3, 0.4) is 0 Å². The molecular formula is C20H34N3O4S+. The number of rotatable bonds is 9. The van der Waals surface area contributed by atoms with Crippen LogP contribution in [0.25, 0.3) is 0 Å². The first-order chi connectivity index (χ1) is 13.3. The summed E-state index contributed by atoms with van der Waals surface area (Å²) in [5.41, 5.74) is 0.407. The van der Waals surface area contributed by atoms with Crippen molar-refractivity contribution in [2.75, 3.05) is 38.1 Å². The van der Waals surface area contributed by atoms with Crippen molar-refractivity contribution in [2.45, 2.75) is 57.9 Å². The minimum absolute atomic E-state index is 0.123. The van der Waals surface area contributed by atoms with Gasteiger partial charge in [0.25, 0.3) is 5.91 Å². The standard InChI is InChI=1S/C20H33N3O4S/c1-5-23(6-2)28(25,26)17-11-12-19(27-7-3)18(14-17)21-20(24)15-22-13-9-8-10-16(22)4/h11-12,14,16H,5-10,13,15H2,1-4H3,(H,21,24)/p+1/t16-/m0/s1. The zero-order valence-corrected chi connectivity index (χ0v) is 18.3. The van der Waals surface area contributed by atoms with Crippen LogP contribution in [0.4, 0.5) is 5.69 Å². The van der Waals surface area contributed by atoms with Crippen LogP contribution in [0.1, 0.15) is 47.0 Å². The largest absolute Gasteiger partial charge is 0.492 e. The van der Waals surface area contributed by atoms with E-state index in [-0.39, 0.29) is 10.8 Å². The van der Waals surface area contributed by atoms with E-state index in [1.165, 1.54) is 27.8 Å². The van der Waals surface area contributed by atoms with Crippen molar-refractivity contribution in [3.05, 3.63) is 18.2 Å². The molecule has 158 valence electrons. The van der Waals surface area contributed by atoms with Crippen LogP contribution in [-0.4, -0.2) is 57.5 Å². The van der Waals surface area contributed by atoms with E-state index in [1.807, 2.05) is 6.92 Å². The molecule has 1 aromatic carbocycles. The van der Waals surface area contributed by atoms with Gasteiger partial charge >= 0.3 is 0 Å². The van der Waals surface area contributed by atoms with Crippen LogP contribution in [0, 0.1) is 0 Å². The molecule has 0 spiro atoms. The maximum absolute atomic E-state index is 12.8. The Kier molecular flexibility index (Phi) is 8.27. The highest BCUT2D eigenvalue weighted by atomic mass is 32.2. The second kappa shape index (κ2) is 10.2. The highest BCUT2D eigenvalue weighted by molar-refractivity contribution is 7.89. The normalized spacial score (nSPS) is 20.2. The zero-order valence-electron chi connectivity index (χ0n) is 17.5. The van der Waals surface area contributed by atoms with Gasteiger partial charge in [-0.1, -0.05) is 13.8 Å². The minimum atomic E-state index is -3.61. The lowest BCUT2D eigenvalue weighted by Gasteiger charge is -2.29. The van der Waals surface area contributed by atoms with Gasteiger partial charge in [-0.25, -0.2) is 8.42 Å². The zero-order chi connectivity index (χ0) is 20.7. The van der Waals surface area contributed by atoms with Crippen molar-refractivity contribution in [3.63, 3.8) is 0 Å². The number of nitrogens with one attached hydrogen (secondary N) is 2. The second-order valence-corrected chi connectivity index (χ2v) is 9.15. The molecule has 1 amide bonds. The summed E-state index contributed by atoms with van der Waals surface area (Å²) in [6, 6.07) is 5.11. The highest BCUT2D eigenvalue weighted by Crippen LogP contribution is 2.29. The maximum atomic E-state index is 12.8. The van der Waals surface area contributed by atoms with E-state index in [0.29, 0.717) is 43.7 Å². The maximum Gasteiger partial charge on any atom is 0.279 e. The molecule has 1 saturated heterocycles. The van der Waals surface area contributed by atoms with E-state index in [9.17, 15) is 13.2 Å². The summed E-state index contributed by atoms with van der Waals surface area (Å²) >= 11 is 0. The molecule has 2 atom stereocenters. The molecule has 7 nitrogen and oxygen atoms in total. The Balaban J connectivity index is 2.24. The van der Waals surface area contributed by atoms with Gasteiger partial charge < -0.3 is 15.0 Å². The Bertz CT molecular complexity index is 763. The summed E-state index contributed by atoms with van der Waals surface area (Å²) in [5.74, 6) is 0.359. The summed E-state index contributed by atoms with van der Waals surface area (Å²) in [5, 5.41) is 2.88. The Hall–Kier alpha value is -1.64. The number of nitrogens with zero attached hydrogens (tertiary/aromatic N) is 1. The number of sulfonamides is 1. The Morgan fingerprint density at radius 2 is 1.96 bits per heavy atom. The quantitative estimate of drug-likeness (QED) is 0.644. The molecule has 0 saturated carbocycles. The molecule has 1 unspecified atom stereocenters. The Morgan fingerprint density at radius 1 is 1.25 bits per heavy atom. The molecule has 2 N–H and O–H groups in total. The van der Waals surface area contributed by atoms with E-state index < -0.39 is 10.0 Å². The SMILES string of the molecule is CCOc1ccc(S(=O)(=O)N(CC)CC)cc1NC(=O)C[NH+]1CCCC[C@@H]1C. The molecule has 1 aliphatic heterocycles. The first-order valence-corrected chi connectivity index (χ1v) is 11.7. The van der Waals surface area contributed by atoms with Crippen LogP contribution < -0.4 is 15.0 Å². The molecule has 1 fully saturated rings. The first-order valence-electron chi connectivity index (χ1n) is 10.2. The fraction of sp³-hybridized carbons (Fsp3) is 0.650. The molecule has 0 aromatic heterocycles. The van der Waals surface area contributed by atoms with Crippen LogP contribution in [0.15, 0.2) is 23.1 Å². The lowest BCUT2D eigenvalue weighted by molar-refractivity contribution is -0.920. The van der Waals surface area contributed by atoms with Crippen molar-refractivity contribution >= 4 is 21.6 Å². The lowest BCUT2D eigenvalue weighted by Crippen LogP contribution is -3.17. The van der Waals surface area contributed by atoms with Crippen LogP contribution >= 0.6 is 0 Å². The summed E-state index contributed by atoms with van der Waals surface area (Å²) in [6.45, 7) is 10.2. The first kappa shape index (κ1) is 22.6. The lowest BCUT2D eigenvalue weighted by atomic mass is 10.0. The molecule has 2 rings (SSSR count). The summed E-state index contributed by atoms with van der Waals surface area (Å²) in [7, 11) is -3.61. The number of likely N-dealkylation sites (tertiary alicyclic amines) is 1. The van der Waals surface area contributed by atoms with Crippen molar-refractivity contribution in [1.29, 1.82) is 0 Å². The molecule has 0 aliphatic carbocycles. The van der Waals surface area contributed by atoms with Crippen molar-refractivity contribution in [1.82, 2.24) is 4.31 Å². The molecular weight excluding hydrogens is 378 g/mol. The number of hydrogen-bond acceptors (Lipinski definition) is 4. The van der Waals surface area contributed by atoms with Crippen LogP contribution in [-0.2, 0) is 14.8 Å². The minimum Gasteiger partial charge on any atom is -0.492 e. The molecule has 1 heterocycles. The number of piperidine rings is 1. The van der Waals surface area contributed by atoms with Crippen molar-refractivity contribution < 1.29 is 22.8 Å². The Morgan fingerprint density at radius 3 is 2.57 bits per heavy atom. The third-order valence-corrected chi connectivity index (χ3v) is 7.38. The molecule has 28 heavy (non-hydrogen) atoms. The topological polar surface area (TPSA) is 80.2 Å². The number of carbonyl (C=O) groups excluding carboxylic acids is 1. The summed E-state index contributed by atoms with van der Waals surface area (Å²) in [4.78, 5) is 14.1. The van der Waals surface area contributed by atoms with Gasteiger partial charge in [0, 0.05) is 13.1 Å². The molecule has 0 bridgehead atoms. The number of ether oxygens (including phenoxy) is 1. The molecule has 1 aromatic rings. The molecule has 0 radical (unpaired) electrons. The van der Waals surface area contributed by atoms with E-state index >= 15 is 0 Å². The summed E-state index contributed by atoms with van der Waals surface area (Å²) < 4.78 is 32.7. The molecule has 1 aliphatic rings. The second-order valence-electron chi connectivity index (χ2n) is 7.21. The van der Waals surface area contributed by atoms with E-state index in [2.05, 4.69) is 12.2 Å². The van der Waals surface area contributed by atoms with Crippen LogP contribution in [0.5, 0.6) is 5.75 Å². The predicted molar refractivity (Wildman–Crippen MR) is 110 cm³/mol. The van der Waals surface area contributed by atoms with Gasteiger partial charge in [-0.3, -0.25) is 4.79 Å². The van der Waals surface area contributed by atoms with Gasteiger partial charge in [0.2, 0.25) is 10.0 Å². The van der Waals surface area contributed by atoms with E-state index in [1.54, 1.807) is 19.9 Å². The fourth-order valence-corrected chi connectivity index (χ4v) is 5.16. The Labute approximate surface area is 169 Å². The smallest absolute Gasteiger partial charge is 0.279 e. The van der Waals surface area contributed by atoms with Crippen LogP contribution in [0.2, 0.25) is 0 Å². The number of anilines is 1. The predicted octanol–water partition coefficient (Wildman–Crippen LogP) is 1.51. The van der Waals surface area contributed by atoms with Gasteiger partial charge in [-0.15, -0.1) is 0 Å². The van der Waals surface area contributed by atoms with Gasteiger partial charge in [0.1, 0.15) is 5.75 Å². The van der Waals surface area contributed by atoms with E-state index in [0.717, 1.165) is 19.4 Å². The number of benzene rings is 1. The van der Waals surface area contributed by atoms with Gasteiger partial charge in [-0.05, 0) is 51.3 Å². The highest BCUT2D eigenvalue weighted by Gasteiger charge is 2.26. The third-order valence-electron chi connectivity index (χ3n) is 5.34. The number of hydrogen-bond donors (Lipinski definition) is 2. The monoisotopic (exact) mass is 412 g/mol. The van der Waals surface area contributed by atoms with Crippen molar-refractivity contribution in [2.24, 2.45) is 0 Å². The van der Waals surface area contributed by atoms with E-state index in [4.69, 9.17) is 4.74 Å². The average molecular weight is 413 g/mol. The average Bonchev–Trinajstić information content (AvgIpc) is 2.66. The van der Waals surface area contributed by atoms with Gasteiger partial charge in [0.15, 0.2) is 6.54 Å². The summed E-state index contributed by atoms with van der Waals surface area (Å²) in [6.07, 6.45) is 3.48. The number of quaternary nitrogens is 1. The number of carbonyl (C=O) groups is 1. The number of amides is 1. The fourth-order valence-electron chi connectivity index (χ4n) is 3.68.